The van der Waals surface area contributed by atoms with Gasteiger partial charge in [0.25, 0.3) is 0 Å². The number of ether oxygens (including phenoxy) is 1. The number of rotatable bonds is 2. The van der Waals surface area contributed by atoms with Crippen LogP contribution in [-0.2, 0) is 4.74 Å². The van der Waals surface area contributed by atoms with Crippen LogP contribution >= 0.6 is 0 Å². The molecule has 4 nitrogen and oxygen atoms in total. The summed E-state index contributed by atoms with van der Waals surface area (Å²) in [6.07, 6.45) is 0.357. The summed E-state index contributed by atoms with van der Waals surface area (Å²) in [5, 5.41) is 0. The number of hydrogen-bond acceptors (Lipinski definition) is 3. The molecule has 0 aromatic heterocycles. The Balaban J connectivity index is 2.11. The van der Waals surface area contributed by atoms with Gasteiger partial charge in [-0.15, -0.1) is 0 Å². The third kappa shape index (κ3) is 2.17. The van der Waals surface area contributed by atoms with Crippen LogP contribution in [0.4, 0.5) is 10.5 Å². The smallest absolute Gasteiger partial charge is 0.414 e. The van der Waals surface area contributed by atoms with Crippen LogP contribution in [-0.4, -0.2) is 25.3 Å². The molecule has 1 fully saturated rings. The van der Waals surface area contributed by atoms with Crippen LogP contribution in [0.2, 0.25) is 0 Å². The largest absolute Gasteiger partial charge is 0.444 e. The van der Waals surface area contributed by atoms with Gasteiger partial charge in [-0.05, 0) is 19.1 Å². The second-order valence-corrected chi connectivity index (χ2v) is 4.02. The van der Waals surface area contributed by atoms with Gasteiger partial charge in [-0.1, -0.05) is 17.7 Å². The van der Waals surface area contributed by atoms with Crippen molar-refractivity contribution in [2.75, 3.05) is 18.0 Å². The number of anilines is 1. The number of amides is 1. The zero-order valence-corrected chi connectivity index (χ0v) is 9.35. The summed E-state index contributed by atoms with van der Waals surface area (Å²) >= 11 is 0. The van der Waals surface area contributed by atoms with Gasteiger partial charge in [0.1, 0.15) is 6.10 Å². The lowest BCUT2D eigenvalue weighted by atomic mass is 10.2. The molecule has 1 amide bonds. The van der Waals surface area contributed by atoms with Gasteiger partial charge in [-0.3, -0.25) is 4.90 Å². The number of hydrogen-bond donors (Lipinski definition) is 1. The molecule has 1 aromatic rings. The van der Waals surface area contributed by atoms with E-state index >= 15 is 0 Å². The minimum Gasteiger partial charge on any atom is -0.444 e. The Kier molecular flexibility index (Phi) is 3.10. The first-order valence-electron chi connectivity index (χ1n) is 5.45. The topological polar surface area (TPSA) is 55.6 Å². The first-order valence-corrected chi connectivity index (χ1v) is 5.45. The lowest BCUT2D eigenvalue weighted by molar-refractivity contribution is 0.0888. The van der Waals surface area contributed by atoms with Crippen LogP contribution < -0.4 is 10.6 Å². The molecule has 1 aliphatic heterocycles. The van der Waals surface area contributed by atoms with E-state index in [1.807, 2.05) is 31.2 Å². The second-order valence-electron chi connectivity index (χ2n) is 4.02. The van der Waals surface area contributed by atoms with Crippen LogP contribution in [0.15, 0.2) is 24.3 Å². The monoisotopic (exact) mass is 220 g/mol. The molecule has 1 aliphatic rings. The van der Waals surface area contributed by atoms with Crippen molar-refractivity contribution in [3.63, 3.8) is 0 Å². The Morgan fingerprint density at radius 3 is 2.69 bits per heavy atom. The highest BCUT2D eigenvalue weighted by Gasteiger charge is 2.26. The molecule has 2 N–H and O–H groups in total. The van der Waals surface area contributed by atoms with Crippen molar-refractivity contribution in [2.45, 2.75) is 19.4 Å². The Bertz CT molecular complexity index is 375. The maximum Gasteiger partial charge on any atom is 0.414 e. The molecule has 0 saturated carbocycles. The van der Waals surface area contributed by atoms with Crippen molar-refractivity contribution in [3.05, 3.63) is 29.8 Å². The van der Waals surface area contributed by atoms with E-state index in [0.717, 1.165) is 12.1 Å². The molecule has 86 valence electrons. The predicted octanol–water partition coefficient (Wildman–Crippen LogP) is 1.67. The number of cyclic esters (lactones) is 1. The Labute approximate surface area is 95.0 Å². The molecule has 1 aromatic carbocycles. The number of nitrogens with two attached hydrogens (primary N) is 1. The molecule has 1 unspecified atom stereocenters. The predicted molar refractivity (Wildman–Crippen MR) is 62.5 cm³/mol. The van der Waals surface area contributed by atoms with Gasteiger partial charge in [0, 0.05) is 25.2 Å². The third-order valence-corrected chi connectivity index (χ3v) is 2.77. The van der Waals surface area contributed by atoms with Crippen LogP contribution in [0.5, 0.6) is 0 Å². The minimum absolute atomic E-state index is 0.130. The van der Waals surface area contributed by atoms with E-state index in [-0.39, 0.29) is 12.2 Å². The van der Waals surface area contributed by atoms with Crippen molar-refractivity contribution >= 4 is 11.8 Å². The SMILES string of the molecule is Cc1ccc(N2CCC(CN)OC2=O)cc1. The molecule has 0 aliphatic carbocycles. The molecule has 2 rings (SSSR count). The maximum absolute atomic E-state index is 11.7. The van der Waals surface area contributed by atoms with E-state index in [1.165, 1.54) is 5.56 Å². The van der Waals surface area contributed by atoms with E-state index < -0.39 is 0 Å². The van der Waals surface area contributed by atoms with Crippen LogP contribution in [0.25, 0.3) is 0 Å². The fraction of sp³-hybridized carbons (Fsp3) is 0.417. The van der Waals surface area contributed by atoms with Crippen molar-refractivity contribution in [1.82, 2.24) is 0 Å². The average Bonchev–Trinajstić information content (AvgIpc) is 2.30. The molecule has 1 heterocycles. The number of aryl methyl sites for hydroxylation is 1. The second kappa shape index (κ2) is 4.53. The van der Waals surface area contributed by atoms with E-state index in [2.05, 4.69) is 0 Å². The molecule has 0 spiro atoms. The first-order chi connectivity index (χ1) is 7.70. The van der Waals surface area contributed by atoms with Crippen molar-refractivity contribution in [1.29, 1.82) is 0 Å². The summed E-state index contributed by atoms with van der Waals surface area (Å²) in [7, 11) is 0. The van der Waals surface area contributed by atoms with Gasteiger partial charge in [0.15, 0.2) is 0 Å². The lowest BCUT2D eigenvalue weighted by Gasteiger charge is -2.31. The van der Waals surface area contributed by atoms with Crippen LogP contribution in [0.3, 0.4) is 0 Å². The van der Waals surface area contributed by atoms with Gasteiger partial charge in [0.2, 0.25) is 0 Å². The fourth-order valence-corrected chi connectivity index (χ4v) is 1.75. The Morgan fingerprint density at radius 2 is 2.12 bits per heavy atom. The molecule has 4 heteroatoms. The van der Waals surface area contributed by atoms with E-state index in [9.17, 15) is 4.79 Å². The first kappa shape index (κ1) is 11.0. The quantitative estimate of drug-likeness (QED) is 0.824. The van der Waals surface area contributed by atoms with Gasteiger partial charge >= 0.3 is 6.09 Å². The zero-order valence-electron chi connectivity index (χ0n) is 9.35. The van der Waals surface area contributed by atoms with Crippen molar-refractivity contribution in [3.8, 4) is 0 Å². The lowest BCUT2D eigenvalue weighted by Crippen LogP contribution is -2.44. The van der Waals surface area contributed by atoms with Crippen molar-refractivity contribution < 1.29 is 9.53 Å². The summed E-state index contributed by atoms with van der Waals surface area (Å²) in [5.41, 5.74) is 7.53. The standard InChI is InChI=1S/C12H16N2O2/c1-9-2-4-10(5-3-9)14-7-6-11(8-13)16-12(14)15/h2-5,11H,6-8,13H2,1H3. The minimum atomic E-state index is -0.300. The highest BCUT2D eigenvalue weighted by Crippen LogP contribution is 2.21. The van der Waals surface area contributed by atoms with Gasteiger partial charge in [0.05, 0.1) is 0 Å². The maximum atomic E-state index is 11.7. The molecule has 16 heavy (non-hydrogen) atoms. The number of carbonyl (C=O) groups is 1. The van der Waals surface area contributed by atoms with Crippen molar-refractivity contribution in [2.24, 2.45) is 5.73 Å². The molecular weight excluding hydrogens is 204 g/mol. The summed E-state index contributed by atoms with van der Waals surface area (Å²) in [6, 6.07) is 7.83. The zero-order chi connectivity index (χ0) is 11.5. The molecule has 0 bridgehead atoms. The normalized spacial score (nSPS) is 20.8. The summed E-state index contributed by atoms with van der Waals surface area (Å²) < 4.78 is 5.19. The molecule has 1 atom stereocenters. The summed E-state index contributed by atoms with van der Waals surface area (Å²) in [4.78, 5) is 13.3. The van der Waals surface area contributed by atoms with Gasteiger partial charge in [-0.25, -0.2) is 4.79 Å². The van der Waals surface area contributed by atoms with Gasteiger partial charge < -0.3 is 10.5 Å². The van der Waals surface area contributed by atoms with E-state index in [0.29, 0.717) is 13.1 Å². The highest BCUT2D eigenvalue weighted by molar-refractivity contribution is 5.88. The molecular formula is C12H16N2O2. The number of benzene rings is 1. The Hall–Kier alpha value is -1.55. The van der Waals surface area contributed by atoms with Crippen LogP contribution in [0, 0.1) is 6.92 Å². The van der Waals surface area contributed by atoms with E-state index in [4.69, 9.17) is 10.5 Å². The summed E-state index contributed by atoms with van der Waals surface area (Å²) in [6.45, 7) is 3.08. The number of nitrogens with zero attached hydrogens (tertiary/aromatic N) is 1. The average molecular weight is 220 g/mol. The molecule has 0 radical (unpaired) electrons. The third-order valence-electron chi connectivity index (χ3n) is 2.77. The van der Waals surface area contributed by atoms with E-state index in [1.54, 1.807) is 4.90 Å². The Morgan fingerprint density at radius 1 is 1.44 bits per heavy atom. The van der Waals surface area contributed by atoms with Crippen LogP contribution in [0.1, 0.15) is 12.0 Å². The molecule has 1 saturated heterocycles. The number of carbonyl (C=O) groups excluding carboxylic acids is 1. The fourth-order valence-electron chi connectivity index (χ4n) is 1.75. The summed E-state index contributed by atoms with van der Waals surface area (Å²) in [5.74, 6) is 0. The van der Waals surface area contributed by atoms with Gasteiger partial charge in [-0.2, -0.15) is 0 Å². The highest BCUT2D eigenvalue weighted by atomic mass is 16.6.